The van der Waals surface area contributed by atoms with Crippen molar-refractivity contribution in [1.82, 2.24) is 9.55 Å². The highest BCUT2D eigenvalue weighted by atomic mass is 16.5. The van der Waals surface area contributed by atoms with Gasteiger partial charge in [-0.3, -0.25) is 14.3 Å². The Morgan fingerprint density at radius 3 is 1.77 bits per heavy atom. The van der Waals surface area contributed by atoms with Crippen molar-refractivity contribution in [2.24, 2.45) is 0 Å². The molecule has 1 fully saturated rings. The fourth-order valence-corrected chi connectivity index (χ4v) is 5.15. The molecule has 0 spiro atoms. The lowest BCUT2D eigenvalue weighted by atomic mass is 9.64. The van der Waals surface area contributed by atoms with Gasteiger partial charge in [0.1, 0.15) is 18.4 Å². The van der Waals surface area contributed by atoms with Gasteiger partial charge in [0, 0.05) is 18.7 Å². The zero-order valence-corrected chi connectivity index (χ0v) is 18.9. The van der Waals surface area contributed by atoms with E-state index in [9.17, 15) is 19.8 Å². The molecule has 2 heterocycles. The zero-order valence-electron chi connectivity index (χ0n) is 18.9. The van der Waals surface area contributed by atoms with Crippen molar-refractivity contribution < 1.29 is 14.9 Å². The highest BCUT2D eigenvalue weighted by Crippen LogP contribution is 2.46. The summed E-state index contributed by atoms with van der Waals surface area (Å²) in [5.41, 5.74) is 0.296. The Morgan fingerprint density at radius 1 is 0.829 bits per heavy atom. The minimum atomic E-state index is -1.21. The number of H-pyrrole nitrogens is 1. The second-order valence-electron chi connectivity index (χ2n) is 8.73. The lowest BCUT2D eigenvalue weighted by Gasteiger charge is -2.42. The summed E-state index contributed by atoms with van der Waals surface area (Å²) < 4.78 is 7.38. The van der Waals surface area contributed by atoms with E-state index in [1.165, 1.54) is 16.8 Å². The number of aromatic amines is 1. The predicted octanol–water partition coefficient (Wildman–Crippen LogP) is 2.58. The summed E-state index contributed by atoms with van der Waals surface area (Å²) in [5.74, 6) is 0. The Hall–Kier alpha value is -3.78. The molecule has 4 atom stereocenters. The van der Waals surface area contributed by atoms with Crippen LogP contribution in [0.25, 0.3) is 0 Å². The Morgan fingerprint density at radius 2 is 1.31 bits per heavy atom. The summed E-state index contributed by atoms with van der Waals surface area (Å²) in [4.78, 5) is 26.1. The lowest BCUT2D eigenvalue weighted by Crippen LogP contribution is -2.51. The first-order chi connectivity index (χ1) is 17.0. The van der Waals surface area contributed by atoms with Crippen molar-refractivity contribution in [2.45, 2.75) is 36.4 Å². The monoisotopic (exact) mass is 470 g/mol. The van der Waals surface area contributed by atoms with Crippen LogP contribution < -0.4 is 11.2 Å². The van der Waals surface area contributed by atoms with Gasteiger partial charge in [-0.1, -0.05) is 91.0 Å². The molecule has 0 saturated carbocycles. The number of nitrogens with one attached hydrogen (secondary N) is 1. The summed E-state index contributed by atoms with van der Waals surface area (Å²) in [5, 5.41) is 23.2. The van der Waals surface area contributed by atoms with Gasteiger partial charge in [-0.05, 0) is 16.7 Å². The molecule has 5 rings (SSSR count). The summed E-state index contributed by atoms with van der Waals surface area (Å²) >= 11 is 0. The van der Waals surface area contributed by atoms with Crippen LogP contribution in [-0.4, -0.2) is 38.1 Å². The number of aliphatic hydroxyl groups excluding tert-OH is 2. The van der Waals surface area contributed by atoms with Gasteiger partial charge in [-0.2, -0.15) is 0 Å². The Balaban J connectivity index is 1.66. The van der Waals surface area contributed by atoms with Gasteiger partial charge < -0.3 is 14.9 Å². The highest BCUT2D eigenvalue weighted by molar-refractivity contribution is 5.52. The number of aromatic nitrogens is 2. The van der Waals surface area contributed by atoms with Crippen molar-refractivity contribution >= 4 is 0 Å². The zero-order chi connectivity index (χ0) is 24.4. The molecule has 1 aromatic heterocycles. The molecule has 0 bridgehead atoms. The SMILES string of the molecule is O=c1ccn([C@H]2C[C@H](O)[C@@H](C(O)C(c3ccccc3)(c3ccccc3)c3ccccc3)O2)c(=O)[nH]1. The fraction of sp³-hybridized carbons (Fsp3) is 0.214. The first-order valence-electron chi connectivity index (χ1n) is 11.5. The van der Waals surface area contributed by atoms with E-state index in [0.29, 0.717) is 0 Å². The Bertz CT molecular complexity index is 1290. The molecule has 1 unspecified atom stereocenters. The minimum Gasteiger partial charge on any atom is -0.390 e. The van der Waals surface area contributed by atoms with Crippen LogP contribution in [0.5, 0.6) is 0 Å². The van der Waals surface area contributed by atoms with Crippen molar-refractivity contribution in [3.8, 4) is 0 Å². The van der Waals surface area contributed by atoms with Crippen LogP contribution in [0, 0.1) is 0 Å². The van der Waals surface area contributed by atoms with Gasteiger partial charge >= 0.3 is 5.69 Å². The van der Waals surface area contributed by atoms with Crippen LogP contribution >= 0.6 is 0 Å². The number of nitrogens with zero attached hydrogens (tertiary/aromatic N) is 1. The number of hydrogen-bond donors (Lipinski definition) is 3. The highest BCUT2D eigenvalue weighted by Gasteiger charge is 2.52. The average molecular weight is 471 g/mol. The molecular formula is C28H26N2O5. The Kier molecular flexibility index (Phi) is 6.21. The van der Waals surface area contributed by atoms with E-state index in [2.05, 4.69) is 4.98 Å². The lowest BCUT2D eigenvalue weighted by molar-refractivity contribution is -0.0976. The normalized spacial score (nSPS) is 21.0. The van der Waals surface area contributed by atoms with Gasteiger partial charge in [-0.25, -0.2) is 4.79 Å². The van der Waals surface area contributed by atoms with E-state index >= 15 is 0 Å². The molecule has 1 saturated heterocycles. The maximum atomic E-state index is 12.4. The van der Waals surface area contributed by atoms with Crippen molar-refractivity contribution in [3.63, 3.8) is 0 Å². The third-order valence-corrected chi connectivity index (χ3v) is 6.74. The molecular weight excluding hydrogens is 444 g/mol. The van der Waals surface area contributed by atoms with Gasteiger partial charge in [0.15, 0.2) is 0 Å². The second kappa shape index (κ2) is 9.46. The summed E-state index contributed by atoms with van der Waals surface area (Å²) in [6, 6.07) is 30.2. The van der Waals surface area contributed by atoms with Crippen LogP contribution in [0.4, 0.5) is 0 Å². The molecule has 7 heteroatoms. The molecule has 35 heavy (non-hydrogen) atoms. The smallest absolute Gasteiger partial charge is 0.330 e. The van der Waals surface area contributed by atoms with Crippen molar-refractivity contribution in [1.29, 1.82) is 0 Å². The van der Waals surface area contributed by atoms with Crippen LogP contribution in [0.2, 0.25) is 0 Å². The molecule has 1 aliphatic heterocycles. The molecule has 0 amide bonds. The topological polar surface area (TPSA) is 105 Å². The Labute approximate surface area is 201 Å². The molecule has 4 aromatic rings. The standard InChI is InChI=1S/C28H26N2O5/c31-22-18-24(30-17-16-23(32)29-27(30)34)35-25(22)26(33)28(19-10-4-1-5-11-19,20-12-6-2-7-13-20)21-14-8-3-9-15-21/h1-17,22,24-26,31,33H,18H2,(H,29,32,34)/t22-,24+,25-,26?/m0/s1. The summed E-state index contributed by atoms with van der Waals surface area (Å²) in [7, 11) is 0. The molecule has 3 N–H and O–H groups in total. The molecule has 0 radical (unpaired) electrons. The van der Waals surface area contributed by atoms with E-state index in [-0.39, 0.29) is 6.42 Å². The van der Waals surface area contributed by atoms with Gasteiger partial charge in [0.05, 0.1) is 11.5 Å². The van der Waals surface area contributed by atoms with Crippen LogP contribution in [0.1, 0.15) is 29.3 Å². The molecule has 1 aliphatic rings. The first-order valence-corrected chi connectivity index (χ1v) is 11.5. The maximum Gasteiger partial charge on any atom is 0.330 e. The number of benzene rings is 3. The number of ether oxygens (including phenoxy) is 1. The van der Waals surface area contributed by atoms with Crippen LogP contribution in [0.15, 0.2) is 113 Å². The van der Waals surface area contributed by atoms with Crippen molar-refractivity contribution in [2.75, 3.05) is 0 Å². The van der Waals surface area contributed by atoms with Crippen molar-refractivity contribution in [3.05, 3.63) is 141 Å². The molecule has 3 aromatic carbocycles. The predicted molar refractivity (Wildman–Crippen MR) is 131 cm³/mol. The summed E-state index contributed by atoms with van der Waals surface area (Å²) in [6.45, 7) is 0. The van der Waals surface area contributed by atoms with Crippen LogP contribution in [-0.2, 0) is 10.2 Å². The van der Waals surface area contributed by atoms with E-state index in [0.717, 1.165) is 16.7 Å². The molecule has 0 aliphatic carbocycles. The second-order valence-corrected chi connectivity index (χ2v) is 8.73. The van der Waals surface area contributed by atoms with E-state index in [1.807, 2.05) is 91.0 Å². The number of rotatable bonds is 6. The van der Waals surface area contributed by atoms with Gasteiger partial charge in [0.25, 0.3) is 5.56 Å². The third kappa shape index (κ3) is 4.04. The van der Waals surface area contributed by atoms with E-state index in [4.69, 9.17) is 4.74 Å². The largest absolute Gasteiger partial charge is 0.390 e. The molecule has 178 valence electrons. The van der Waals surface area contributed by atoms with E-state index < -0.39 is 41.2 Å². The van der Waals surface area contributed by atoms with Gasteiger partial charge in [-0.15, -0.1) is 0 Å². The maximum absolute atomic E-state index is 12.4. The molecule has 7 nitrogen and oxygen atoms in total. The fourth-order valence-electron chi connectivity index (χ4n) is 5.15. The first kappa shape index (κ1) is 23.0. The van der Waals surface area contributed by atoms with Crippen LogP contribution in [0.3, 0.4) is 0 Å². The third-order valence-electron chi connectivity index (χ3n) is 6.74. The number of aliphatic hydroxyl groups is 2. The minimum absolute atomic E-state index is 0.0854. The summed E-state index contributed by atoms with van der Waals surface area (Å²) in [6.07, 6.45) is -2.69. The van der Waals surface area contributed by atoms with Gasteiger partial charge in [0.2, 0.25) is 0 Å². The average Bonchev–Trinajstić information content (AvgIpc) is 3.27. The quantitative estimate of drug-likeness (QED) is 0.376. The van der Waals surface area contributed by atoms with E-state index in [1.54, 1.807) is 0 Å². The number of hydrogen-bond acceptors (Lipinski definition) is 5.